The number of benzene rings is 1. The van der Waals surface area contributed by atoms with Gasteiger partial charge in [-0.05, 0) is 43.7 Å². The maximum Gasteiger partial charge on any atom is 0.260 e. The molecule has 1 aromatic carbocycles. The third-order valence-electron chi connectivity index (χ3n) is 6.01. The van der Waals surface area contributed by atoms with Crippen LogP contribution in [0.5, 0.6) is 0 Å². The van der Waals surface area contributed by atoms with Gasteiger partial charge < -0.3 is 19.2 Å². The van der Waals surface area contributed by atoms with Crippen molar-refractivity contribution in [3.8, 4) is 0 Å². The number of carbonyl (C=O) groups excluding carboxylic acids is 1. The second-order valence-electron chi connectivity index (χ2n) is 8.36. The van der Waals surface area contributed by atoms with E-state index in [9.17, 15) is 9.59 Å². The molecule has 0 bridgehead atoms. The van der Waals surface area contributed by atoms with Gasteiger partial charge in [0.2, 0.25) is 0 Å². The Bertz CT molecular complexity index is 1110. The molecule has 4 rings (SSSR count). The topological polar surface area (TPSA) is 65.3 Å². The molecule has 2 aromatic heterocycles. The van der Waals surface area contributed by atoms with Crippen LogP contribution in [0.2, 0.25) is 0 Å². The summed E-state index contributed by atoms with van der Waals surface area (Å²) in [5.74, 6) is -0.183. The van der Waals surface area contributed by atoms with Gasteiger partial charge in [0, 0.05) is 32.5 Å². The molecule has 1 N–H and O–H groups in total. The third kappa shape index (κ3) is 4.05. The van der Waals surface area contributed by atoms with Gasteiger partial charge in [0.15, 0.2) is 0 Å². The average Bonchev–Trinajstić information content (AvgIpc) is 3.10. The fourth-order valence-electron chi connectivity index (χ4n) is 4.56. The molecule has 3 aromatic rings. The number of aromatic nitrogens is 2. The molecule has 6 nitrogen and oxygen atoms in total. The van der Waals surface area contributed by atoms with Crippen molar-refractivity contribution >= 4 is 16.8 Å². The Morgan fingerprint density at radius 1 is 1.13 bits per heavy atom. The van der Waals surface area contributed by atoms with E-state index in [1.165, 1.54) is 0 Å². The first-order valence-electron chi connectivity index (χ1n) is 10.6. The minimum absolute atomic E-state index is 0.0518. The van der Waals surface area contributed by atoms with Gasteiger partial charge >= 0.3 is 0 Å². The standard InChI is InChI=1S/C24H29N3O3/c1-16-13-27(3)24(29)21-20(14-26(2)22(16)21)23(28)25-18-10-7-11-19(12-18)30-15-17-8-5-4-6-9-17/h4-6,8-9,13-14,18-19H,7,10-12,15H2,1-3H3,(H,25,28). The van der Waals surface area contributed by atoms with Crippen LogP contribution in [-0.2, 0) is 25.4 Å². The summed E-state index contributed by atoms with van der Waals surface area (Å²) in [5, 5.41) is 3.65. The SMILES string of the molecule is Cc1cn(C)c(=O)c2c(C(=O)NC3CCCC(OCc4ccccc4)C3)cn(C)c12. The first-order chi connectivity index (χ1) is 14.4. The number of fused-ring (bicyclic) bond motifs is 1. The van der Waals surface area contributed by atoms with E-state index >= 15 is 0 Å². The van der Waals surface area contributed by atoms with Crippen molar-refractivity contribution in [1.29, 1.82) is 0 Å². The van der Waals surface area contributed by atoms with Crippen molar-refractivity contribution in [1.82, 2.24) is 14.5 Å². The highest BCUT2D eigenvalue weighted by Crippen LogP contribution is 2.24. The Labute approximate surface area is 176 Å². The van der Waals surface area contributed by atoms with Crippen LogP contribution in [-0.4, -0.2) is 27.2 Å². The van der Waals surface area contributed by atoms with E-state index in [4.69, 9.17) is 4.74 Å². The number of carbonyl (C=O) groups is 1. The molecule has 1 amide bonds. The zero-order valence-electron chi connectivity index (χ0n) is 17.9. The van der Waals surface area contributed by atoms with Gasteiger partial charge in [0.1, 0.15) is 0 Å². The van der Waals surface area contributed by atoms with Gasteiger partial charge in [-0.1, -0.05) is 30.3 Å². The summed E-state index contributed by atoms with van der Waals surface area (Å²) in [4.78, 5) is 25.8. The van der Waals surface area contributed by atoms with Crippen molar-refractivity contribution in [2.24, 2.45) is 14.1 Å². The lowest BCUT2D eigenvalue weighted by molar-refractivity contribution is 0.00878. The number of ether oxygens (including phenoxy) is 1. The second-order valence-corrected chi connectivity index (χ2v) is 8.36. The van der Waals surface area contributed by atoms with Crippen LogP contribution in [0.1, 0.15) is 47.2 Å². The van der Waals surface area contributed by atoms with E-state index in [0.29, 0.717) is 17.6 Å². The first kappa shape index (κ1) is 20.4. The zero-order chi connectivity index (χ0) is 21.3. The number of nitrogens with one attached hydrogen (secondary N) is 1. The van der Waals surface area contributed by atoms with E-state index in [-0.39, 0.29) is 23.6 Å². The predicted molar refractivity (Wildman–Crippen MR) is 118 cm³/mol. The molecule has 1 aliphatic rings. The van der Waals surface area contributed by atoms with Gasteiger partial charge in [-0.2, -0.15) is 0 Å². The summed E-state index contributed by atoms with van der Waals surface area (Å²) in [6, 6.07) is 10.2. The highest BCUT2D eigenvalue weighted by atomic mass is 16.5. The summed E-state index contributed by atoms with van der Waals surface area (Å²) >= 11 is 0. The smallest absolute Gasteiger partial charge is 0.260 e. The lowest BCUT2D eigenvalue weighted by Crippen LogP contribution is -2.40. The van der Waals surface area contributed by atoms with Gasteiger partial charge in [0.05, 0.1) is 29.2 Å². The quantitative estimate of drug-likeness (QED) is 0.705. The maximum absolute atomic E-state index is 13.1. The molecule has 0 saturated heterocycles. The Kier molecular flexibility index (Phi) is 5.77. The summed E-state index contributed by atoms with van der Waals surface area (Å²) in [5.41, 5.74) is 3.25. The third-order valence-corrected chi connectivity index (χ3v) is 6.01. The van der Waals surface area contributed by atoms with Crippen LogP contribution in [0.3, 0.4) is 0 Å². The van der Waals surface area contributed by atoms with Crippen molar-refractivity contribution in [3.63, 3.8) is 0 Å². The van der Waals surface area contributed by atoms with Crippen LogP contribution in [0, 0.1) is 6.92 Å². The van der Waals surface area contributed by atoms with Crippen molar-refractivity contribution < 1.29 is 9.53 Å². The van der Waals surface area contributed by atoms with E-state index in [1.54, 1.807) is 17.8 Å². The number of amides is 1. The largest absolute Gasteiger partial charge is 0.373 e. The second kappa shape index (κ2) is 8.48. The van der Waals surface area contributed by atoms with Gasteiger partial charge in [-0.3, -0.25) is 9.59 Å². The average molecular weight is 408 g/mol. The molecule has 2 heterocycles. The Hall–Kier alpha value is -2.86. The number of aryl methyl sites for hydroxylation is 3. The monoisotopic (exact) mass is 407 g/mol. The summed E-state index contributed by atoms with van der Waals surface area (Å²) in [6.07, 6.45) is 7.45. The number of nitrogens with zero attached hydrogens (tertiary/aromatic N) is 2. The fourth-order valence-corrected chi connectivity index (χ4v) is 4.56. The minimum atomic E-state index is -0.183. The molecule has 0 spiro atoms. The minimum Gasteiger partial charge on any atom is -0.373 e. The van der Waals surface area contributed by atoms with Crippen molar-refractivity contribution in [2.45, 2.75) is 51.4 Å². The predicted octanol–water partition coefficient (Wildman–Crippen LogP) is 3.44. The number of pyridine rings is 1. The highest BCUT2D eigenvalue weighted by molar-refractivity contribution is 6.07. The molecule has 2 unspecified atom stereocenters. The van der Waals surface area contributed by atoms with Crippen LogP contribution in [0.25, 0.3) is 10.9 Å². The van der Waals surface area contributed by atoms with Gasteiger partial charge in [-0.15, -0.1) is 0 Å². The van der Waals surface area contributed by atoms with Gasteiger partial charge in [0.25, 0.3) is 11.5 Å². The maximum atomic E-state index is 13.1. The molecule has 0 aliphatic heterocycles. The van der Waals surface area contributed by atoms with Crippen LogP contribution >= 0.6 is 0 Å². The van der Waals surface area contributed by atoms with E-state index in [0.717, 1.165) is 42.3 Å². The molecule has 1 saturated carbocycles. The van der Waals surface area contributed by atoms with Gasteiger partial charge in [-0.25, -0.2) is 0 Å². The highest BCUT2D eigenvalue weighted by Gasteiger charge is 2.26. The fraction of sp³-hybridized carbons (Fsp3) is 0.417. The lowest BCUT2D eigenvalue weighted by atomic mass is 9.92. The summed E-state index contributed by atoms with van der Waals surface area (Å²) in [6.45, 7) is 2.55. The van der Waals surface area contributed by atoms with E-state index < -0.39 is 0 Å². The molecule has 6 heteroatoms. The first-order valence-corrected chi connectivity index (χ1v) is 10.6. The molecule has 1 aliphatic carbocycles. The Morgan fingerprint density at radius 3 is 2.67 bits per heavy atom. The zero-order valence-corrected chi connectivity index (χ0v) is 17.9. The number of rotatable bonds is 5. The van der Waals surface area contributed by atoms with E-state index in [1.807, 2.05) is 42.9 Å². The molecule has 1 fully saturated rings. The molecule has 30 heavy (non-hydrogen) atoms. The van der Waals surface area contributed by atoms with Crippen molar-refractivity contribution in [3.05, 3.63) is 69.8 Å². The molecule has 2 atom stereocenters. The number of hydrogen-bond donors (Lipinski definition) is 1. The van der Waals surface area contributed by atoms with Crippen LogP contribution in [0.4, 0.5) is 0 Å². The van der Waals surface area contributed by atoms with Crippen molar-refractivity contribution in [2.75, 3.05) is 0 Å². The Morgan fingerprint density at radius 2 is 1.90 bits per heavy atom. The summed E-state index contributed by atoms with van der Waals surface area (Å²) in [7, 11) is 3.60. The Balaban J connectivity index is 1.47. The molecular weight excluding hydrogens is 378 g/mol. The lowest BCUT2D eigenvalue weighted by Gasteiger charge is -2.29. The summed E-state index contributed by atoms with van der Waals surface area (Å²) < 4.78 is 9.52. The normalized spacial score (nSPS) is 19.2. The van der Waals surface area contributed by atoms with E-state index in [2.05, 4.69) is 17.4 Å². The van der Waals surface area contributed by atoms with Crippen LogP contribution < -0.4 is 10.9 Å². The molecule has 158 valence electrons. The number of hydrogen-bond acceptors (Lipinski definition) is 3. The molecule has 0 radical (unpaired) electrons. The van der Waals surface area contributed by atoms with Crippen LogP contribution in [0.15, 0.2) is 47.5 Å². The molecular formula is C24H29N3O3.